The number of nitrogens with zero attached hydrogens (tertiary/aromatic N) is 1. The third-order valence-electron chi connectivity index (χ3n) is 3.39. The average molecular weight is 315 g/mol. The van der Waals surface area contributed by atoms with Gasteiger partial charge in [-0.1, -0.05) is 30.3 Å². The summed E-state index contributed by atoms with van der Waals surface area (Å²) in [6.07, 6.45) is 0.528. The lowest BCUT2D eigenvalue weighted by Crippen LogP contribution is -2.15. The van der Waals surface area contributed by atoms with Crippen LogP contribution >= 0.6 is 0 Å². The standard InChI is InChI=1S/C16H13NO4S/c1-21-15-9-5-6-12-10-13(11-18)17(16(12)15)22(19,20)14-7-3-2-4-8-14/h2-11H,1H3. The van der Waals surface area contributed by atoms with E-state index < -0.39 is 10.0 Å². The molecule has 0 amide bonds. The van der Waals surface area contributed by atoms with Crippen molar-refractivity contribution in [3.05, 3.63) is 60.3 Å². The molecule has 0 bridgehead atoms. The zero-order valence-electron chi connectivity index (χ0n) is 11.8. The van der Waals surface area contributed by atoms with E-state index in [4.69, 9.17) is 4.74 Å². The number of methoxy groups -OCH3 is 1. The van der Waals surface area contributed by atoms with Crippen molar-refractivity contribution in [2.45, 2.75) is 4.90 Å². The first-order valence-electron chi connectivity index (χ1n) is 6.54. The van der Waals surface area contributed by atoms with E-state index in [-0.39, 0.29) is 10.6 Å². The fourth-order valence-electron chi connectivity index (χ4n) is 2.42. The van der Waals surface area contributed by atoms with Gasteiger partial charge in [0.1, 0.15) is 11.3 Å². The molecule has 5 nitrogen and oxygen atoms in total. The van der Waals surface area contributed by atoms with Crippen LogP contribution in [0.3, 0.4) is 0 Å². The number of benzene rings is 2. The number of hydrogen-bond donors (Lipinski definition) is 0. The van der Waals surface area contributed by atoms with Crippen molar-refractivity contribution >= 4 is 27.2 Å². The Balaban J connectivity index is 2.42. The highest BCUT2D eigenvalue weighted by atomic mass is 32.2. The molecule has 0 radical (unpaired) electrons. The molecular formula is C16H13NO4S. The lowest BCUT2D eigenvalue weighted by molar-refractivity contribution is 0.111. The molecule has 0 unspecified atom stereocenters. The molecule has 0 saturated heterocycles. The van der Waals surface area contributed by atoms with Gasteiger partial charge >= 0.3 is 0 Å². The van der Waals surface area contributed by atoms with E-state index in [0.717, 1.165) is 3.97 Å². The Kier molecular flexibility index (Phi) is 3.46. The van der Waals surface area contributed by atoms with E-state index >= 15 is 0 Å². The molecule has 6 heteroatoms. The number of hydrogen-bond acceptors (Lipinski definition) is 4. The van der Waals surface area contributed by atoms with Crippen molar-refractivity contribution in [3.8, 4) is 5.75 Å². The maximum Gasteiger partial charge on any atom is 0.268 e. The first kappa shape index (κ1) is 14.3. The van der Waals surface area contributed by atoms with Gasteiger partial charge in [-0.2, -0.15) is 0 Å². The van der Waals surface area contributed by atoms with Gasteiger partial charge in [-0.15, -0.1) is 0 Å². The van der Waals surface area contributed by atoms with Gasteiger partial charge in [-0.25, -0.2) is 12.4 Å². The minimum Gasteiger partial charge on any atom is -0.495 e. The molecule has 0 atom stereocenters. The van der Waals surface area contributed by atoms with Crippen LogP contribution in [0.2, 0.25) is 0 Å². The summed E-state index contributed by atoms with van der Waals surface area (Å²) in [7, 11) is -2.43. The molecule has 0 aliphatic carbocycles. The third kappa shape index (κ3) is 2.08. The van der Waals surface area contributed by atoms with E-state index in [2.05, 4.69) is 0 Å². The van der Waals surface area contributed by atoms with Crippen LogP contribution in [0, 0.1) is 0 Å². The summed E-state index contributed by atoms with van der Waals surface area (Å²) in [5.41, 5.74) is 0.416. The van der Waals surface area contributed by atoms with E-state index in [1.807, 2.05) is 0 Å². The molecule has 1 aromatic heterocycles. The first-order chi connectivity index (χ1) is 10.6. The SMILES string of the molecule is COc1cccc2cc(C=O)n(S(=O)(=O)c3ccccc3)c12. The highest BCUT2D eigenvalue weighted by Gasteiger charge is 2.24. The minimum atomic E-state index is -3.89. The van der Waals surface area contributed by atoms with Gasteiger partial charge in [0.05, 0.1) is 17.7 Å². The van der Waals surface area contributed by atoms with E-state index in [0.29, 0.717) is 22.9 Å². The molecule has 0 aliphatic heterocycles. The maximum atomic E-state index is 12.9. The van der Waals surface area contributed by atoms with Crippen LogP contribution in [0.25, 0.3) is 10.9 Å². The predicted molar refractivity (Wildman–Crippen MR) is 82.9 cm³/mol. The monoisotopic (exact) mass is 315 g/mol. The summed E-state index contributed by atoms with van der Waals surface area (Å²) in [6, 6.07) is 14.7. The van der Waals surface area contributed by atoms with Gasteiger partial charge < -0.3 is 4.74 Å². The number of aromatic nitrogens is 1. The average Bonchev–Trinajstić information content (AvgIpc) is 2.95. The van der Waals surface area contributed by atoms with Gasteiger partial charge in [0.25, 0.3) is 10.0 Å². The zero-order valence-corrected chi connectivity index (χ0v) is 12.6. The van der Waals surface area contributed by atoms with E-state index in [1.165, 1.54) is 25.3 Å². The van der Waals surface area contributed by atoms with Crippen LogP contribution in [0.4, 0.5) is 0 Å². The van der Waals surface area contributed by atoms with Gasteiger partial charge in [0.2, 0.25) is 0 Å². The molecule has 1 heterocycles. The molecule has 3 aromatic rings. The summed E-state index contributed by atoms with van der Waals surface area (Å²) in [5, 5.41) is 0.626. The number of rotatable bonds is 4. The second-order valence-corrected chi connectivity index (χ2v) is 6.45. The fraction of sp³-hybridized carbons (Fsp3) is 0.0625. The van der Waals surface area contributed by atoms with Gasteiger partial charge in [-0.05, 0) is 24.3 Å². The molecule has 0 saturated carbocycles. The quantitative estimate of drug-likeness (QED) is 0.694. The topological polar surface area (TPSA) is 65.4 Å². The molecule has 0 N–H and O–H groups in total. The van der Waals surface area contributed by atoms with Crippen molar-refractivity contribution in [1.82, 2.24) is 3.97 Å². The number of para-hydroxylation sites is 1. The number of ether oxygens (including phenoxy) is 1. The number of carbonyl (C=O) groups is 1. The summed E-state index contributed by atoms with van der Waals surface area (Å²) in [5.74, 6) is 0.394. The summed E-state index contributed by atoms with van der Waals surface area (Å²) in [6.45, 7) is 0. The van der Waals surface area contributed by atoms with Gasteiger partial charge in [0, 0.05) is 5.39 Å². The van der Waals surface area contributed by atoms with Crippen LogP contribution in [0.5, 0.6) is 5.75 Å². The predicted octanol–water partition coefficient (Wildman–Crippen LogP) is 2.70. The van der Waals surface area contributed by atoms with Crippen LogP contribution in [0.1, 0.15) is 10.5 Å². The number of fused-ring (bicyclic) bond motifs is 1. The second kappa shape index (κ2) is 5.31. The minimum absolute atomic E-state index is 0.0587. The summed E-state index contributed by atoms with van der Waals surface area (Å²) >= 11 is 0. The van der Waals surface area contributed by atoms with Crippen LogP contribution < -0.4 is 4.74 Å². The molecule has 0 fully saturated rings. The van der Waals surface area contributed by atoms with Crippen molar-refractivity contribution in [3.63, 3.8) is 0 Å². The molecule has 3 rings (SSSR count). The Morgan fingerprint density at radius 1 is 1.05 bits per heavy atom. The Bertz CT molecular complexity index is 943. The van der Waals surface area contributed by atoms with Crippen molar-refractivity contribution in [2.75, 3.05) is 7.11 Å². The Hall–Kier alpha value is -2.60. The highest BCUT2D eigenvalue weighted by molar-refractivity contribution is 7.90. The Morgan fingerprint density at radius 3 is 2.41 bits per heavy atom. The van der Waals surface area contributed by atoms with Gasteiger partial charge in [0.15, 0.2) is 6.29 Å². The lowest BCUT2D eigenvalue weighted by Gasteiger charge is -2.11. The number of aldehydes is 1. The second-order valence-electron chi connectivity index (χ2n) is 4.67. The highest BCUT2D eigenvalue weighted by Crippen LogP contribution is 2.31. The normalized spacial score (nSPS) is 11.5. The maximum absolute atomic E-state index is 12.9. The molecule has 22 heavy (non-hydrogen) atoms. The molecule has 112 valence electrons. The Morgan fingerprint density at radius 2 is 1.77 bits per heavy atom. The largest absolute Gasteiger partial charge is 0.495 e. The fourth-order valence-corrected chi connectivity index (χ4v) is 3.94. The van der Waals surface area contributed by atoms with Crippen molar-refractivity contribution in [1.29, 1.82) is 0 Å². The van der Waals surface area contributed by atoms with Crippen LogP contribution in [-0.4, -0.2) is 25.8 Å². The lowest BCUT2D eigenvalue weighted by atomic mass is 10.2. The molecular weight excluding hydrogens is 302 g/mol. The summed E-state index contributed by atoms with van der Waals surface area (Å²) in [4.78, 5) is 11.5. The number of carbonyl (C=O) groups excluding carboxylic acids is 1. The third-order valence-corrected chi connectivity index (χ3v) is 5.14. The molecule has 0 spiro atoms. The first-order valence-corrected chi connectivity index (χ1v) is 7.98. The van der Waals surface area contributed by atoms with Gasteiger partial charge in [-0.3, -0.25) is 4.79 Å². The Labute approximate surface area is 127 Å². The van der Waals surface area contributed by atoms with Crippen LogP contribution in [-0.2, 0) is 10.0 Å². The smallest absolute Gasteiger partial charge is 0.268 e. The van der Waals surface area contributed by atoms with Crippen molar-refractivity contribution in [2.24, 2.45) is 0 Å². The molecule has 2 aromatic carbocycles. The summed E-state index contributed by atoms with van der Waals surface area (Å²) < 4.78 is 32.1. The van der Waals surface area contributed by atoms with Crippen LogP contribution in [0.15, 0.2) is 59.5 Å². The van der Waals surface area contributed by atoms with E-state index in [9.17, 15) is 13.2 Å². The zero-order chi connectivity index (χ0) is 15.7. The van der Waals surface area contributed by atoms with E-state index in [1.54, 1.807) is 36.4 Å². The molecule has 0 aliphatic rings. The van der Waals surface area contributed by atoms with Crippen molar-refractivity contribution < 1.29 is 17.9 Å².